The van der Waals surface area contributed by atoms with E-state index in [1.165, 1.54) is 12.8 Å². The lowest BCUT2D eigenvalue weighted by Crippen LogP contribution is -2.48. The summed E-state index contributed by atoms with van der Waals surface area (Å²) in [5, 5.41) is 9.12. The summed E-state index contributed by atoms with van der Waals surface area (Å²) >= 11 is 0. The van der Waals surface area contributed by atoms with Gasteiger partial charge in [-0.25, -0.2) is 0 Å². The molecule has 2 aliphatic rings. The third-order valence-corrected chi connectivity index (χ3v) is 5.67. The number of benzene rings is 1. The lowest BCUT2D eigenvalue weighted by atomic mass is 9.86. The summed E-state index contributed by atoms with van der Waals surface area (Å²) in [7, 11) is 0. The van der Waals surface area contributed by atoms with Crippen LogP contribution in [0.2, 0.25) is 0 Å². The van der Waals surface area contributed by atoms with Crippen LogP contribution in [0.4, 0.5) is 0 Å². The summed E-state index contributed by atoms with van der Waals surface area (Å²) in [6.07, 6.45) is 7.02. The van der Waals surface area contributed by atoms with Crippen LogP contribution >= 0.6 is 0 Å². The highest BCUT2D eigenvalue weighted by Crippen LogP contribution is 2.31. The lowest BCUT2D eigenvalue weighted by Gasteiger charge is -2.40. The molecule has 0 bridgehead atoms. The quantitative estimate of drug-likeness (QED) is 0.923. The van der Waals surface area contributed by atoms with Gasteiger partial charge in [-0.1, -0.05) is 31.0 Å². The fourth-order valence-corrected chi connectivity index (χ4v) is 4.33. The highest BCUT2D eigenvalue weighted by atomic mass is 16.3. The van der Waals surface area contributed by atoms with E-state index in [9.17, 15) is 4.79 Å². The van der Waals surface area contributed by atoms with Gasteiger partial charge in [0.2, 0.25) is 0 Å². The summed E-state index contributed by atoms with van der Waals surface area (Å²) in [4.78, 5) is 17.6. The van der Waals surface area contributed by atoms with Crippen molar-refractivity contribution >= 4 is 5.91 Å². The summed E-state index contributed by atoms with van der Waals surface area (Å²) < 4.78 is 0. The lowest BCUT2D eigenvalue weighted by molar-refractivity contribution is 0.0507. The van der Waals surface area contributed by atoms with Crippen molar-refractivity contribution in [1.82, 2.24) is 9.80 Å². The van der Waals surface area contributed by atoms with Crippen LogP contribution in [0.5, 0.6) is 0 Å². The van der Waals surface area contributed by atoms with E-state index in [0.717, 1.165) is 57.4 Å². The van der Waals surface area contributed by atoms with Gasteiger partial charge in [0.05, 0.1) is 6.61 Å². The number of likely N-dealkylation sites (tertiary alicyclic amines) is 2. The summed E-state index contributed by atoms with van der Waals surface area (Å²) in [5.41, 5.74) is 0.821. The van der Waals surface area contributed by atoms with Gasteiger partial charge in [-0.3, -0.25) is 4.79 Å². The number of carbonyl (C=O) groups excluding carboxylic acids is 1. The molecule has 1 aromatic carbocycles. The Hall–Kier alpha value is -1.39. The van der Waals surface area contributed by atoms with Crippen LogP contribution in [-0.2, 0) is 0 Å². The van der Waals surface area contributed by atoms with Gasteiger partial charge in [0.1, 0.15) is 0 Å². The van der Waals surface area contributed by atoms with Crippen LogP contribution in [-0.4, -0.2) is 59.6 Å². The number of amides is 1. The predicted molar refractivity (Wildman–Crippen MR) is 96.0 cm³/mol. The highest BCUT2D eigenvalue weighted by molar-refractivity contribution is 5.94. The Labute approximate surface area is 145 Å². The molecular formula is C20H30N2O2. The van der Waals surface area contributed by atoms with E-state index in [1.54, 1.807) is 0 Å². The number of carbonyl (C=O) groups is 1. The number of aliphatic hydroxyl groups excluding tert-OH is 1. The predicted octanol–water partition coefficient (Wildman–Crippen LogP) is 2.78. The minimum atomic E-state index is 0.209. The fourth-order valence-electron chi connectivity index (χ4n) is 4.33. The first-order valence-corrected chi connectivity index (χ1v) is 9.49. The van der Waals surface area contributed by atoms with Crippen molar-refractivity contribution in [1.29, 1.82) is 0 Å². The molecule has 2 heterocycles. The second-order valence-electron chi connectivity index (χ2n) is 7.18. The largest absolute Gasteiger partial charge is 0.395 e. The van der Waals surface area contributed by atoms with E-state index in [0.29, 0.717) is 12.0 Å². The van der Waals surface area contributed by atoms with Crippen molar-refractivity contribution in [3.63, 3.8) is 0 Å². The molecule has 1 aromatic rings. The Kier molecular flexibility index (Phi) is 6.27. The third kappa shape index (κ3) is 4.17. The van der Waals surface area contributed by atoms with Gasteiger partial charge in [-0.15, -0.1) is 0 Å². The van der Waals surface area contributed by atoms with Gasteiger partial charge in [0.15, 0.2) is 0 Å². The summed E-state index contributed by atoms with van der Waals surface area (Å²) in [6, 6.07) is 10.1. The molecule has 3 rings (SSSR count). The van der Waals surface area contributed by atoms with E-state index in [4.69, 9.17) is 5.11 Å². The molecule has 2 fully saturated rings. The maximum atomic E-state index is 13.1. The minimum absolute atomic E-state index is 0.209. The van der Waals surface area contributed by atoms with Gasteiger partial charge in [-0.2, -0.15) is 0 Å². The van der Waals surface area contributed by atoms with Crippen molar-refractivity contribution in [2.45, 2.75) is 44.6 Å². The molecule has 0 aromatic heterocycles. The average Bonchev–Trinajstić information content (AvgIpc) is 2.89. The Balaban J connectivity index is 1.70. The first-order valence-electron chi connectivity index (χ1n) is 9.49. The monoisotopic (exact) mass is 330 g/mol. The second-order valence-corrected chi connectivity index (χ2v) is 7.18. The fraction of sp³-hybridized carbons (Fsp3) is 0.650. The topological polar surface area (TPSA) is 43.8 Å². The van der Waals surface area contributed by atoms with Gasteiger partial charge in [-0.05, 0) is 56.8 Å². The first-order chi connectivity index (χ1) is 11.8. The third-order valence-electron chi connectivity index (χ3n) is 5.67. The number of β-amino-alcohol motifs (C(OH)–C–C–N with tert-alkyl or cyclic N) is 1. The van der Waals surface area contributed by atoms with Crippen LogP contribution in [0.3, 0.4) is 0 Å². The van der Waals surface area contributed by atoms with Crippen molar-refractivity contribution in [2.75, 3.05) is 32.8 Å². The van der Waals surface area contributed by atoms with E-state index < -0.39 is 0 Å². The molecule has 24 heavy (non-hydrogen) atoms. The molecule has 1 unspecified atom stereocenters. The van der Waals surface area contributed by atoms with Crippen molar-refractivity contribution in [2.24, 2.45) is 5.92 Å². The van der Waals surface area contributed by atoms with Crippen LogP contribution in [0.15, 0.2) is 30.3 Å². The average molecular weight is 330 g/mol. The standard InChI is InChI=1S/C20H30N2O2/c23-16-15-21-13-10-17(11-14-21)19-9-5-2-6-12-22(19)20(24)18-7-3-1-4-8-18/h1,3-4,7-8,17,19,23H,2,5-6,9-16H2. The Bertz CT molecular complexity index is 512. The maximum Gasteiger partial charge on any atom is 0.254 e. The number of aliphatic hydroxyl groups is 1. The molecule has 1 amide bonds. The van der Waals surface area contributed by atoms with Gasteiger partial charge < -0.3 is 14.9 Å². The molecule has 4 nitrogen and oxygen atoms in total. The molecule has 4 heteroatoms. The zero-order chi connectivity index (χ0) is 16.8. The zero-order valence-electron chi connectivity index (χ0n) is 14.6. The van der Waals surface area contributed by atoms with Crippen molar-refractivity contribution < 1.29 is 9.90 Å². The first kappa shape index (κ1) is 17.4. The normalized spacial score (nSPS) is 23.9. The number of hydrogen-bond acceptors (Lipinski definition) is 3. The number of rotatable bonds is 4. The molecular weight excluding hydrogens is 300 g/mol. The van der Waals surface area contributed by atoms with E-state index in [1.807, 2.05) is 30.3 Å². The van der Waals surface area contributed by atoms with Gasteiger partial charge in [0, 0.05) is 24.7 Å². The maximum absolute atomic E-state index is 13.1. The number of piperidine rings is 1. The SMILES string of the molecule is O=C(c1ccccc1)N1CCCCCC1C1CCN(CCO)CC1. The Morgan fingerprint density at radius 1 is 1.00 bits per heavy atom. The molecule has 0 saturated carbocycles. The zero-order valence-corrected chi connectivity index (χ0v) is 14.6. The second kappa shape index (κ2) is 8.63. The minimum Gasteiger partial charge on any atom is -0.395 e. The highest BCUT2D eigenvalue weighted by Gasteiger charge is 2.34. The van der Waals surface area contributed by atoms with Crippen molar-refractivity contribution in [3.8, 4) is 0 Å². The summed E-state index contributed by atoms with van der Waals surface area (Å²) in [5.74, 6) is 0.811. The summed E-state index contributed by atoms with van der Waals surface area (Å²) in [6.45, 7) is 4.02. The molecule has 2 aliphatic heterocycles. The Morgan fingerprint density at radius 2 is 1.75 bits per heavy atom. The Morgan fingerprint density at radius 3 is 2.46 bits per heavy atom. The van der Waals surface area contributed by atoms with Crippen LogP contribution in [0.25, 0.3) is 0 Å². The molecule has 1 N–H and O–H groups in total. The number of nitrogens with zero attached hydrogens (tertiary/aromatic N) is 2. The van der Waals surface area contributed by atoms with E-state index >= 15 is 0 Å². The van der Waals surface area contributed by atoms with Gasteiger partial charge in [0.25, 0.3) is 5.91 Å². The molecule has 2 saturated heterocycles. The molecule has 1 atom stereocenters. The smallest absolute Gasteiger partial charge is 0.254 e. The van der Waals surface area contributed by atoms with Crippen LogP contribution in [0.1, 0.15) is 48.9 Å². The molecule has 0 spiro atoms. The van der Waals surface area contributed by atoms with E-state index in [-0.39, 0.29) is 12.5 Å². The van der Waals surface area contributed by atoms with Gasteiger partial charge >= 0.3 is 0 Å². The van der Waals surface area contributed by atoms with E-state index in [2.05, 4.69) is 9.80 Å². The molecule has 0 aliphatic carbocycles. The number of hydrogen-bond donors (Lipinski definition) is 1. The van der Waals surface area contributed by atoms with Crippen LogP contribution in [0, 0.1) is 5.92 Å². The van der Waals surface area contributed by atoms with Crippen LogP contribution < -0.4 is 0 Å². The molecule has 132 valence electrons. The van der Waals surface area contributed by atoms with Crippen molar-refractivity contribution in [3.05, 3.63) is 35.9 Å². The molecule has 0 radical (unpaired) electrons.